The van der Waals surface area contributed by atoms with Crippen molar-refractivity contribution in [3.63, 3.8) is 0 Å². The summed E-state index contributed by atoms with van der Waals surface area (Å²) in [4.78, 5) is 33.3. The molecule has 0 unspecified atom stereocenters. The number of nitrogens with two attached hydrogens (primary N) is 1. The number of esters is 2. The maximum absolute atomic E-state index is 11.5. The summed E-state index contributed by atoms with van der Waals surface area (Å²) >= 11 is 0. The molecule has 0 radical (unpaired) electrons. The second-order valence-corrected chi connectivity index (χ2v) is 7.68. The van der Waals surface area contributed by atoms with Gasteiger partial charge in [0.15, 0.2) is 0 Å². The van der Waals surface area contributed by atoms with Crippen LogP contribution >= 0.6 is 0 Å². The molecule has 2 N–H and O–H groups in total. The molecule has 0 aromatic heterocycles. The Morgan fingerprint density at radius 1 is 0.759 bits per heavy atom. The van der Waals surface area contributed by atoms with Gasteiger partial charge in [-0.3, -0.25) is 4.79 Å². The number of carboxylic acid groups (broad SMARTS) is 1. The average molecular weight is 438 g/mol. The first-order valence-corrected chi connectivity index (χ1v) is 11.2. The zero-order valence-electron chi connectivity index (χ0n) is 18.7. The van der Waals surface area contributed by atoms with Gasteiger partial charge in [-0.15, -0.1) is 0 Å². The van der Waals surface area contributed by atoms with Gasteiger partial charge >= 0.3 is 63.3 Å². The molecule has 7 heteroatoms. The smallest absolute Gasteiger partial charge is 0.550 e. The summed E-state index contributed by atoms with van der Waals surface area (Å²) < 4.78 is 4.54. The summed E-state index contributed by atoms with van der Waals surface area (Å²) in [6.45, 7) is 2.25. The van der Waals surface area contributed by atoms with E-state index in [0.717, 1.165) is 12.8 Å². The maximum Gasteiger partial charge on any atom is 1.00 e. The molecule has 0 aliphatic rings. The third-order valence-corrected chi connectivity index (χ3v) is 4.89. The van der Waals surface area contributed by atoms with Crippen LogP contribution in [0.1, 0.15) is 116 Å². The third kappa shape index (κ3) is 22.7. The Labute approximate surface area is 219 Å². The zero-order chi connectivity index (χ0) is 21.0. The Morgan fingerprint density at radius 3 is 1.52 bits per heavy atom. The van der Waals surface area contributed by atoms with Crippen LogP contribution in [0.2, 0.25) is 0 Å². The molecule has 1 atom stereocenters. The number of ether oxygens (including phenoxy) is 1. The van der Waals surface area contributed by atoms with Crippen LogP contribution in [0.15, 0.2) is 0 Å². The van der Waals surface area contributed by atoms with Crippen molar-refractivity contribution >= 4 is 17.9 Å². The van der Waals surface area contributed by atoms with Crippen molar-refractivity contribution in [2.45, 2.75) is 122 Å². The van der Waals surface area contributed by atoms with Crippen LogP contribution in [0.3, 0.4) is 0 Å². The molecule has 29 heavy (non-hydrogen) atoms. The predicted octanol–water partition coefficient (Wildman–Crippen LogP) is 0.789. The summed E-state index contributed by atoms with van der Waals surface area (Å²) in [5, 5.41) is 10.3. The van der Waals surface area contributed by atoms with Crippen LogP contribution < -0.4 is 62.2 Å². The molecule has 6 nitrogen and oxygen atoms in total. The number of hydrogen-bond donors (Lipinski definition) is 1. The molecular formula is C22H40KNO5. The summed E-state index contributed by atoms with van der Waals surface area (Å²) in [6, 6.07) is -1.35. The van der Waals surface area contributed by atoms with Gasteiger partial charge < -0.3 is 20.4 Å². The van der Waals surface area contributed by atoms with Gasteiger partial charge in [-0.1, -0.05) is 96.8 Å². The van der Waals surface area contributed by atoms with E-state index in [1.54, 1.807) is 0 Å². The first-order valence-electron chi connectivity index (χ1n) is 11.2. The number of carbonyl (C=O) groups is 3. The Bertz CT molecular complexity index is 431. The molecule has 0 spiro atoms. The number of carbonyl (C=O) groups excluding carboxylic acids is 3. The Kier molecular flexibility index (Phi) is 24.8. The second-order valence-electron chi connectivity index (χ2n) is 7.68. The van der Waals surface area contributed by atoms with Crippen molar-refractivity contribution in [2.75, 3.05) is 0 Å². The van der Waals surface area contributed by atoms with E-state index in [4.69, 9.17) is 5.73 Å². The number of unbranched alkanes of at least 4 members (excludes halogenated alkanes) is 14. The minimum atomic E-state index is -1.45. The monoisotopic (exact) mass is 437 g/mol. The van der Waals surface area contributed by atoms with Gasteiger partial charge in [-0.25, -0.2) is 4.79 Å². The van der Waals surface area contributed by atoms with Crippen molar-refractivity contribution in [1.82, 2.24) is 0 Å². The SMILES string of the molecule is CCCCCCCCCCCCCCCCCC(=O)OC(=O)[C@@H](N)CC(=O)[O-].[K+]. The Hall–Kier alpha value is 0.206. The largest absolute Gasteiger partial charge is 1.00 e. The van der Waals surface area contributed by atoms with Crippen LogP contribution in [0.25, 0.3) is 0 Å². The van der Waals surface area contributed by atoms with Gasteiger partial charge in [-0.2, -0.15) is 0 Å². The van der Waals surface area contributed by atoms with E-state index >= 15 is 0 Å². The number of rotatable bonds is 19. The fraction of sp³-hybridized carbons (Fsp3) is 0.864. The van der Waals surface area contributed by atoms with Gasteiger partial charge in [0.2, 0.25) is 0 Å². The third-order valence-electron chi connectivity index (χ3n) is 4.89. The standard InChI is InChI=1S/C22H41NO5.K/c1-2-3-4-5-6-7-8-9-10-11-12-13-14-15-16-17-21(26)28-22(27)19(23)18-20(24)25;/h19H,2-18,23H2,1H3,(H,24,25);/q;+1/p-1/t19-;/m0./s1. The quantitative estimate of drug-likeness (QED) is 0.138. The van der Waals surface area contributed by atoms with Crippen LogP contribution in [-0.2, 0) is 19.1 Å². The van der Waals surface area contributed by atoms with Gasteiger partial charge in [0.25, 0.3) is 0 Å². The summed E-state index contributed by atoms with van der Waals surface area (Å²) in [6.07, 6.45) is 18.1. The molecular weight excluding hydrogens is 397 g/mol. The second kappa shape index (κ2) is 22.9. The number of aliphatic carboxylic acids is 1. The first kappa shape index (κ1) is 31.4. The number of carboxylic acids is 1. The molecule has 0 saturated heterocycles. The molecule has 0 fully saturated rings. The van der Waals surface area contributed by atoms with Crippen LogP contribution in [0, 0.1) is 0 Å². The fourth-order valence-electron chi connectivity index (χ4n) is 3.14. The van der Waals surface area contributed by atoms with Crippen molar-refractivity contribution in [2.24, 2.45) is 5.73 Å². The van der Waals surface area contributed by atoms with Crippen LogP contribution in [0.5, 0.6) is 0 Å². The van der Waals surface area contributed by atoms with Crippen molar-refractivity contribution in [3.05, 3.63) is 0 Å². The number of hydrogen-bond acceptors (Lipinski definition) is 6. The molecule has 0 aliphatic carbocycles. The summed E-state index contributed by atoms with van der Waals surface area (Å²) in [7, 11) is 0. The van der Waals surface area contributed by atoms with Gasteiger partial charge in [0.1, 0.15) is 6.04 Å². The van der Waals surface area contributed by atoms with Gasteiger partial charge in [0.05, 0.1) is 0 Å². The molecule has 0 amide bonds. The first-order chi connectivity index (χ1) is 13.5. The minimum Gasteiger partial charge on any atom is -0.550 e. The molecule has 0 aliphatic heterocycles. The van der Waals surface area contributed by atoms with Crippen molar-refractivity contribution < 1.29 is 75.6 Å². The summed E-state index contributed by atoms with van der Waals surface area (Å²) in [5.74, 6) is -3.09. The van der Waals surface area contributed by atoms with Crippen molar-refractivity contribution in [1.29, 1.82) is 0 Å². The van der Waals surface area contributed by atoms with E-state index in [1.807, 2.05) is 0 Å². The Morgan fingerprint density at radius 2 is 1.14 bits per heavy atom. The molecule has 164 valence electrons. The molecule has 0 bridgehead atoms. The normalized spacial score (nSPS) is 11.5. The van der Waals surface area contributed by atoms with Gasteiger partial charge in [-0.05, 0) is 6.42 Å². The van der Waals surface area contributed by atoms with E-state index in [-0.39, 0.29) is 57.8 Å². The summed E-state index contributed by atoms with van der Waals surface area (Å²) in [5.41, 5.74) is 5.30. The van der Waals surface area contributed by atoms with E-state index in [9.17, 15) is 19.5 Å². The van der Waals surface area contributed by atoms with Crippen molar-refractivity contribution in [3.8, 4) is 0 Å². The maximum atomic E-state index is 11.5. The molecule has 0 saturated carbocycles. The average Bonchev–Trinajstić information content (AvgIpc) is 2.64. The van der Waals surface area contributed by atoms with E-state index in [2.05, 4.69) is 11.7 Å². The van der Waals surface area contributed by atoms with Gasteiger partial charge in [0, 0.05) is 18.8 Å². The fourth-order valence-corrected chi connectivity index (χ4v) is 3.14. The predicted molar refractivity (Wildman–Crippen MR) is 108 cm³/mol. The van der Waals surface area contributed by atoms with E-state index < -0.39 is 30.4 Å². The van der Waals surface area contributed by atoms with E-state index in [1.165, 1.54) is 77.0 Å². The topological polar surface area (TPSA) is 110 Å². The molecule has 0 rings (SSSR count). The van der Waals surface area contributed by atoms with Crippen LogP contribution in [-0.4, -0.2) is 23.9 Å². The Balaban J connectivity index is 0. The molecule has 0 aromatic carbocycles. The molecule has 0 aromatic rings. The van der Waals surface area contributed by atoms with E-state index in [0.29, 0.717) is 6.42 Å². The zero-order valence-corrected chi connectivity index (χ0v) is 21.8. The molecule has 0 heterocycles. The minimum absolute atomic E-state index is 0. The van der Waals surface area contributed by atoms with Crippen LogP contribution in [0.4, 0.5) is 0 Å².